The van der Waals surface area contributed by atoms with Gasteiger partial charge in [-0.3, -0.25) is 0 Å². The smallest absolute Gasteiger partial charge is 0.230 e. The number of hydrogen-bond acceptors (Lipinski definition) is 3. The van der Waals surface area contributed by atoms with Crippen LogP contribution in [0.1, 0.15) is 0 Å². The summed E-state index contributed by atoms with van der Waals surface area (Å²) < 4.78 is 6.13. The van der Waals surface area contributed by atoms with Crippen LogP contribution in [0.15, 0.2) is 47.0 Å². The van der Waals surface area contributed by atoms with E-state index in [0.717, 1.165) is 20.3 Å². The lowest BCUT2D eigenvalue weighted by molar-refractivity contribution is 0.439. The van der Waals surface area contributed by atoms with Gasteiger partial charge in [0.15, 0.2) is 0 Å². The highest BCUT2D eigenvalue weighted by Crippen LogP contribution is 2.37. The lowest BCUT2D eigenvalue weighted by Gasteiger charge is -2.04. The van der Waals surface area contributed by atoms with Gasteiger partial charge in [0, 0.05) is 14.2 Å². The van der Waals surface area contributed by atoms with Gasteiger partial charge in [0.1, 0.15) is 5.69 Å². The van der Waals surface area contributed by atoms with E-state index in [1.54, 1.807) is 12.1 Å². The van der Waals surface area contributed by atoms with Crippen LogP contribution in [0.3, 0.4) is 0 Å². The van der Waals surface area contributed by atoms with E-state index < -0.39 is 0 Å². The van der Waals surface area contributed by atoms with Gasteiger partial charge in [-0.25, -0.2) is 0 Å². The van der Waals surface area contributed by atoms with E-state index in [-0.39, 0.29) is 5.88 Å². The molecule has 21 heavy (non-hydrogen) atoms. The largest absolute Gasteiger partial charge is 0.367 e. The van der Waals surface area contributed by atoms with Crippen molar-refractivity contribution in [3.63, 3.8) is 0 Å². The molecule has 0 aliphatic carbocycles. The zero-order valence-electron chi connectivity index (χ0n) is 10.6. The third-order valence-electron chi connectivity index (χ3n) is 3.04. The zero-order valence-corrected chi connectivity index (χ0v) is 14.3. The Morgan fingerprint density at radius 2 is 1.67 bits per heavy atom. The Hall–Kier alpha value is -1.24. The van der Waals surface area contributed by atoms with E-state index in [1.807, 2.05) is 30.3 Å². The van der Waals surface area contributed by atoms with Gasteiger partial charge in [0.25, 0.3) is 0 Å². The number of nitrogen functional groups attached to an aromatic ring is 1. The maximum atomic E-state index is 6.18. The van der Waals surface area contributed by atoms with Crippen molar-refractivity contribution in [2.45, 2.75) is 0 Å². The van der Waals surface area contributed by atoms with E-state index >= 15 is 0 Å². The monoisotopic (exact) mass is 430 g/mol. The fourth-order valence-corrected chi connectivity index (χ4v) is 2.68. The molecule has 0 saturated heterocycles. The third-order valence-corrected chi connectivity index (χ3v) is 4.87. The molecular weight excluding hydrogens is 422 g/mol. The van der Waals surface area contributed by atoms with Crippen molar-refractivity contribution in [3.05, 3.63) is 56.1 Å². The van der Waals surface area contributed by atoms with Crippen LogP contribution in [0.25, 0.3) is 22.4 Å². The second-order valence-corrected chi connectivity index (χ2v) is 6.41. The molecule has 1 aromatic heterocycles. The molecule has 106 valence electrons. The number of hydrogen-bond donors (Lipinski definition) is 1. The minimum atomic E-state index is 0.266. The number of rotatable bonds is 2. The Morgan fingerprint density at radius 3 is 2.33 bits per heavy atom. The van der Waals surface area contributed by atoms with Crippen LogP contribution in [0.2, 0.25) is 10.0 Å². The van der Waals surface area contributed by atoms with E-state index in [9.17, 15) is 0 Å². The fraction of sp³-hybridized carbons (Fsp3) is 0. The van der Waals surface area contributed by atoms with E-state index in [4.69, 9.17) is 33.5 Å². The Balaban J connectivity index is 2.16. The van der Waals surface area contributed by atoms with Crippen LogP contribution in [-0.4, -0.2) is 5.16 Å². The Labute approximate surface area is 145 Å². The minimum absolute atomic E-state index is 0.266. The predicted octanol–water partition coefficient (Wildman–Crippen LogP) is 5.50. The first-order valence-corrected chi connectivity index (χ1v) is 7.86. The fourth-order valence-electron chi connectivity index (χ4n) is 2.04. The summed E-state index contributed by atoms with van der Waals surface area (Å²) in [7, 11) is 0. The van der Waals surface area contributed by atoms with Crippen molar-refractivity contribution < 1.29 is 4.52 Å². The van der Waals surface area contributed by atoms with Gasteiger partial charge in [-0.05, 0) is 52.4 Å². The lowest BCUT2D eigenvalue weighted by Crippen LogP contribution is -1.88. The van der Waals surface area contributed by atoms with Crippen LogP contribution in [0.5, 0.6) is 0 Å². The molecule has 0 aliphatic heterocycles. The quantitative estimate of drug-likeness (QED) is 0.546. The van der Waals surface area contributed by atoms with Crippen LogP contribution < -0.4 is 5.73 Å². The first-order valence-electron chi connectivity index (χ1n) is 6.03. The first kappa shape index (κ1) is 14.7. The van der Waals surface area contributed by atoms with Crippen LogP contribution in [-0.2, 0) is 0 Å². The molecule has 0 radical (unpaired) electrons. The first-order chi connectivity index (χ1) is 10.1. The Bertz CT molecular complexity index is 800. The summed E-state index contributed by atoms with van der Waals surface area (Å²) in [5, 5.41) is 5.38. The summed E-state index contributed by atoms with van der Waals surface area (Å²) in [5.74, 6) is 0.266. The second-order valence-electron chi connectivity index (χ2n) is 4.41. The summed E-state index contributed by atoms with van der Waals surface area (Å²) >= 11 is 14.3. The average molecular weight is 431 g/mol. The zero-order chi connectivity index (χ0) is 15.0. The molecular formula is C15H9Cl2IN2O. The molecule has 3 nitrogen and oxygen atoms in total. The molecule has 0 spiro atoms. The van der Waals surface area contributed by atoms with Crippen molar-refractivity contribution in [1.82, 2.24) is 5.16 Å². The van der Waals surface area contributed by atoms with Crippen molar-refractivity contribution >= 4 is 51.7 Å². The predicted molar refractivity (Wildman–Crippen MR) is 94.5 cm³/mol. The summed E-state index contributed by atoms with van der Waals surface area (Å²) in [6.45, 7) is 0. The highest BCUT2D eigenvalue weighted by Gasteiger charge is 2.18. The molecule has 0 aliphatic rings. The number of benzene rings is 2. The highest BCUT2D eigenvalue weighted by molar-refractivity contribution is 14.1. The van der Waals surface area contributed by atoms with E-state index in [0.29, 0.717) is 15.7 Å². The number of nitrogens with two attached hydrogens (primary N) is 1. The SMILES string of the molecule is Nc1onc(-c2ccc(I)c(Cl)c2)c1-c1ccc(Cl)cc1. The Morgan fingerprint density at radius 1 is 1.00 bits per heavy atom. The highest BCUT2D eigenvalue weighted by atomic mass is 127. The van der Waals surface area contributed by atoms with Crippen LogP contribution in [0.4, 0.5) is 5.88 Å². The molecule has 0 unspecified atom stereocenters. The number of nitrogens with zero attached hydrogens (tertiary/aromatic N) is 1. The van der Waals surface area contributed by atoms with Gasteiger partial charge in [0.2, 0.25) is 5.88 Å². The normalized spacial score (nSPS) is 10.8. The number of anilines is 1. The topological polar surface area (TPSA) is 52.0 Å². The molecule has 0 bridgehead atoms. The summed E-state index contributed by atoms with van der Waals surface area (Å²) in [6, 6.07) is 13.1. The van der Waals surface area contributed by atoms with Crippen LogP contribution in [0, 0.1) is 3.57 Å². The van der Waals surface area contributed by atoms with Gasteiger partial charge in [-0.15, -0.1) is 0 Å². The maximum absolute atomic E-state index is 6.18. The standard InChI is InChI=1S/C15H9Cl2IN2O/c16-10-4-1-8(2-5-10)13-14(20-21-15(13)19)9-3-6-12(18)11(17)7-9/h1-7H,19H2. The molecule has 6 heteroatoms. The molecule has 0 amide bonds. The van der Waals surface area contributed by atoms with E-state index in [2.05, 4.69) is 27.7 Å². The Kier molecular flexibility index (Phi) is 4.10. The van der Waals surface area contributed by atoms with Crippen LogP contribution >= 0.6 is 45.8 Å². The summed E-state index contributed by atoms with van der Waals surface area (Å²) in [6.07, 6.45) is 0. The van der Waals surface area contributed by atoms with Crippen molar-refractivity contribution in [1.29, 1.82) is 0 Å². The number of halogens is 3. The second kappa shape index (κ2) is 5.87. The van der Waals surface area contributed by atoms with Crippen molar-refractivity contribution in [2.24, 2.45) is 0 Å². The van der Waals surface area contributed by atoms with Gasteiger partial charge in [0.05, 0.1) is 10.6 Å². The lowest BCUT2D eigenvalue weighted by atomic mass is 10.0. The minimum Gasteiger partial charge on any atom is -0.367 e. The van der Waals surface area contributed by atoms with E-state index in [1.165, 1.54) is 0 Å². The molecule has 3 rings (SSSR count). The molecule has 3 aromatic rings. The summed E-state index contributed by atoms with van der Waals surface area (Å²) in [5.41, 5.74) is 9.06. The van der Waals surface area contributed by atoms with Gasteiger partial charge < -0.3 is 10.3 Å². The van der Waals surface area contributed by atoms with Gasteiger partial charge >= 0.3 is 0 Å². The molecule has 0 fully saturated rings. The van der Waals surface area contributed by atoms with Crippen molar-refractivity contribution in [3.8, 4) is 22.4 Å². The van der Waals surface area contributed by atoms with Gasteiger partial charge in [-0.1, -0.05) is 46.6 Å². The van der Waals surface area contributed by atoms with Gasteiger partial charge in [-0.2, -0.15) is 0 Å². The maximum Gasteiger partial charge on any atom is 0.230 e. The molecule has 2 aromatic carbocycles. The molecule has 0 atom stereocenters. The third kappa shape index (κ3) is 2.88. The molecule has 0 saturated carbocycles. The number of aromatic nitrogens is 1. The average Bonchev–Trinajstić information content (AvgIpc) is 2.85. The molecule has 1 heterocycles. The summed E-state index contributed by atoms with van der Waals surface area (Å²) in [4.78, 5) is 0. The van der Waals surface area contributed by atoms with Crippen molar-refractivity contribution in [2.75, 3.05) is 5.73 Å². The molecule has 2 N–H and O–H groups in total.